The highest BCUT2D eigenvalue weighted by Crippen LogP contribution is 2.38. The van der Waals surface area contributed by atoms with Crippen molar-refractivity contribution in [3.63, 3.8) is 0 Å². The fourth-order valence-corrected chi connectivity index (χ4v) is 5.71. The van der Waals surface area contributed by atoms with E-state index >= 15 is 0 Å². The number of thioether (sulfide) groups is 1. The van der Waals surface area contributed by atoms with Gasteiger partial charge < -0.3 is 9.84 Å². The number of carbonyl (C=O) groups excluding carboxylic acids is 2. The molecule has 0 heterocycles. The van der Waals surface area contributed by atoms with Crippen LogP contribution >= 0.6 is 11.8 Å². The molecule has 188 valence electrons. The van der Waals surface area contributed by atoms with Crippen molar-refractivity contribution in [1.82, 2.24) is 0 Å². The minimum absolute atomic E-state index is 0.0447. The Morgan fingerprint density at radius 1 is 1.06 bits per heavy atom. The predicted octanol–water partition coefficient (Wildman–Crippen LogP) is 6.62. The zero-order valence-corrected chi connectivity index (χ0v) is 20.5. The molecule has 4 nitrogen and oxygen atoms in total. The molecular weight excluding hydrogens is 441 g/mol. The van der Waals surface area contributed by atoms with E-state index in [1.807, 2.05) is 0 Å². The number of alkyl halides is 3. The molecule has 0 aromatic carbocycles. The first-order chi connectivity index (χ1) is 15.0. The lowest BCUT2D eigenvalue weighted by molar-refractivity contribution is -0.143. The van der Waals surface area contributed by atoms with Crippen LogP contribution in [0.4, 0.5) is 13.2 Å². The minimum Gasteiger partial charge on any atom is -0.466 e. The molecule has 3 unspecified atom stereocenters. The number of unbranched alkanes of at least 4 members (excludes halogenated alkanes) is 6. The van der Waals surface area contributed by atoms with Gasteiger partial charge in [0.2, 0.25) is 0 Å². The maximum atomic E-state index is 12.3. The van der Waals surface area contributed by atoms with Crippen LogP contribution in [0, 0.1) is 5.92 Å². The number of Topliss-reactive ketones (excluding diaryl/α,β-unsaturated/α-hetero) is 1. The molecular formula is C24H41F3O4S. The van der Waals surface area contributed by atoms with E-state index < -0.39 is 18.2 Å². The first kappa shape index (κ1) is 29.3. The molecule has 1 saturated carbocycles. The maximum Gasteiger partial charge on any atom is 0.389 e. The van der Waals surface area contributed by atoms with E-state index in [0.717, 1.165) is 38.5 Å². The third-order valence-electron chi connectivity index (χ3n) is 6.02. The predicted molar refractivity (Wildman–Crippen MR) is 123 cm³/mol. The van der Waals surface area contributed by atoms with E-state index in [-0.39, 0.29) is 23.6 Å². The van der Waals surface area contributed by atoms with E-state index in [4.69, 9.17) is 4.74 Å². The summed E-state index contributed by atoms with van der Waals surface area (Å²) < 4.78 is 41.4. The highest BCUT2D eigenvalue weighted by molar-refractivity contribution is 8.00. The highest BCUT2D eigenvalue weighted by Gasteiger charge is 2.35. The summed E-state index contributed by atoms with van der Waals surface area (Å²) in [6.45, 7) is 3.99. The molecule has 0 aromatic heterocycles. The van der Waals surface area contributed by atoms with Gasteiger partial charge in [-0.2, -0.15) is 24.9 Å². The zero-order chi connectivity index (χ0) is 24.0. The molecule has 1 aliphatic carbocycles. The number of ketones is 1. The van der Waals surface area contributed by atoms with Crippen molar-refractivity contribution in [3.05, 3.63) is 0 Å². The quantitative estimate of drug-likeness (QED) is 0.186. The fraction of sp³-hybridized carbons (Fsp3) is 0.917. The van der Waals surface area contributed by atoms with Crippen molar-refractivity contribution in [2.75, 3.05) is 12.4 Å². The Kier molecular flexibility index (Phi) is 13.9. The molecule has 0 amide bonds. The molecule has 32 heavy (non-hydrogen) atoms. The van der Waals surface area contributed by atoms with Crippen molar-refractivity contribution in [2.24, 2.45) is 5.92 Å². The van der Waals surface area contributed by atoms with Gasteiger partial charge in [0.05, 0.1) is 12.2 Å². The van der Waals surface area contributed by atoms with Crippen LogP contribution in [0.25, 0.3) is 0 Å². The largest absolute Gasteiger partial charge is 0.466 e. The van der Waals surface area contributed by atoms with Crippen molar-refractivity contribution < 1.29 is 32.6 Å². The standard InChI is InChI=1S/C24H41F3O4S/c1-3-31-22(29)13-9-5-4-8-12-19-20(28)14-15-21(19)32-18-23(2,30)16-10-6-7-11-17-24(25,26)27/h19,21,30H,3-18H2,1-2H3. The van der Waals surface area contributed by atoms with Crippen LogP contribution in [0.3, 0.4) is 0 Å². The summed E-state index contributed by atoms with van der Waals surface area (Å²) in [5, 5.41) is 10.9. The van der Waals surface area contributed by atoms with Gasteiger partial charge >= 0.3 is 12.1 Å². The number of carbonyl (C=O) groups is 2. The molecule has 0 bridgehead atoms. The van der Waals surface area contributed by atoms with Crippen LogP contribution < -0.4 is 0 Å². The van der Waals surface area contributed by atoms with Gasteiger partial charge in [-0.15, -0.1) is 0 Å². The Morgan fingerprint density at radius 3 is 2.34 bits per heavy atom. The van der Waals surface area contributed by atoms with Crippen LogP contribution in [0.1, 0.15) is 104 Å². The Bertz CT molecular complexity index is 552. The number of ether oxygens (including phenoxy) is 1. The molecule has 1 rings (SSSR count). The van der Waals surface area contributed by atoms with Gasteiger partial charge in [0.1, 0.15) is 5.78 Å². The lowest BCUT2D eigenvalue weighted by atomic mass is 9.98. The maximum absolute atomic E-state index is 12.3. The van der Waals surface area contributed by atoms with E-state index in [0.29, 0.717) is 56.7 Å². The second kappa shape index (κ2) is 15.2. The van der Waals surface area contributed by atoms with Crippen molar-refractivity contribution in [2.45, 2.75) is 121 Å². The van der Waals surface area contributed by atoms with Gasteiger partial charge in [-0.1, -0.05) is 38.5 Å². The van der Waals surface area contributed by atoms with Crippen molar-refractivity contribution in [3.8, 4) is 0 Å². The average Bonchev–Trinajstić information content (AvgIpc) is 3.05. The lowest BCUT2D eigenvalue weighted by Gasteiger charge is -2.26. The Balaban J connectivity index is 2.21. The van der Waals surface area contributed by atoms with Crippen molar-refractivity contribution in [1.29, 1.82) is 0 Å². The van der Waals surface area contributed by atoms with Gasteiger partial charge in [0, 0.05) is 36.2 Å². The third kappa shape index (κ3) is 13.7. The van der Waals surface area contributed by atoms with E-state index in [1.165, 1.54) is 0 Å². The molecule has 0 saturated heterocycles. The molecule has 0 radical (unpaired) electrons. The zero-order valence-electron chi connectivity index (χ0n) is 19.7. The van der Waals surface area contributed by atoms with Crippen LogP contribution in [0.15, 0.2) is 0 Å². The monoisotopic (exact) mass is 482 g/mol. The summed E-state index contributed by atoms with van der Waals surface area (Å²) in [7, 11) is 0. The van der Waals surface area contributed by atoms with Gasteiger partial charge in [-0.25, -0.2) is 0 Å². The number of hydrogen-bond acceptors (Lipinski definition) is 5. The van der Waals surface area contributed by atoms with E-state index in [1.54, 1.807) is 25.6 Å². The molecule has 1 fully saturated rings. The van der Waals surface area contributed by atoms with Crippen molar-refractivity contribution >= 4 is 23.5 Å². The van der Waals surface area contributed by atoms with Gasteiger partial charge in [-0.05, 0) is 46.0 Å². The second-order valence-electron chi connectivity index (χ2n) is 9.25. The first-order valence-corrected chi connectivity index (χ1v) is 13.2. The number of aliphatic hydroxyl groups is 1. The van der Waals surface area contributed by atoms with Crippen LogP contribution in [-0.4, -0.2) is 46.2 Å². The van der Waals surface area contributed by atoms with E-state index in [2.05, 4.69) is 0 Å². The number of hydrogen-bond donors (Lipinski definition) is 1. The lowest BCUT2D eigenvalue weighted by Crippen LogP contribution is -2.29. The van der Waals surface area contributed by atoms with Crippen LogP contribution in [0.5, 0.6) is 0 Å². The topological polar surface area (TPSA) is 63.6 Å². The van der Waals surface area contributed by atoms with Gasteiger partial charge in [0.25, 0.3) is 0 Å². The normalized spacial score (nSPS) is 21.0. The molecule has 0 spiro atoms. The SMILES string of the molecule is CCOC(=O)CCCCCCC1C(=O)CCC1SCC(C)(O)CCCCCCC(F)(F)F. The summed E-state index contributed by atoms with van der Waals surface area (Å²) >= 11 is 1.67. The van der Waals surface area contributed by atoms with Crippen LogP contribution in [0.2, 0.25) is 0 Å². The summed E-state index contributed by atoms with van der Waals surface area (Å²) in [6.07, 6.45) is 4.32. The summed E-state index contributed by atoms with van der Waals surface area (Å²) in [4.78, 5) is 23.7. The number of halogens is 3. The molecule has 8 heteroatoms. The number of esters is 1. The molecule has 0 aliphatic heterocycles. The van der Waals surface area contributed by atoms with Gasteiger partial charge in [-0.3, -0.25) is 9.59 Å². The van der Waals surface area contributed by atoms with E-state index in [9.17, 15) is 27.9 Å². The molecule has 0 aromatic rings. The molecule has 3 atom stereocenters. The Labute approximate surface area is 195 Å². The van der Waals surface area contributed by atoms with Gasteiger partial charge in [0.15, 0.2) is 0 Å². The summed E-state index contributed by atoms with van der Waals surface area (Å²) in [5.41, 5.74) is -0.863. The third-order valence-corrected chi connectivity index (χ3v) is 7.80. The number of rotatable bonds is 17. The molecule has 1 N–H and O–H groups in total. The Hall–Kier alpha value is -0.760. The minimum atomic E-state index is -4.08. The summed E-state index contributed by atoms with van der Waals surface area (Å²) in [6, 6.07) is 0. The smallest absolute Gasteiger partial charge is 0.389 e. The molecule has 1 aliphatic rings. The summed E-state index contributed by atoms with van der Waals surface area (Å²) in [5.74, 6) is 0.758. The van der Waals surface area contributed by atoms with Crippen LogP contribution in [-0.2, 0) is 14.3 Å². The highest BCUT2D eigenvalue weighted by atomic mass is 32.2. The Morgan fingerprint density at radius 2 is 1.69 bits per heavy atom. The average molecular weight is 483 g/mol. The fourth-order valence-electron chi connectivity index (χ4n) is 4.19. The second-order valence-corrected chi connectivity index (χ2v) is 10.5. The first-order valence-electron chi connectivity index (χ1n) is 12.1.